The van der Waals surface area contributed by atoms with Gasteiger partial charge < -0.3 is 14.2 Å². The second kappa shape index (κ2) is 11.3. The number of alkyl halides is 5. The molecule has 0 bridgehead atoms. The number of benzene rings is 2. The molecule has 1 N–H and O–H groups in total. The van der Waals surface area contributed by atoms with Crippen molar-refractivity contribution in [2.45, 2.75) is 62.9 Å². The first-order valence-corrected chi connectivity index (χ1v) is 12.9. The summed E-state index contributed by atoms with van der Waals surface area (Å²) in [4.78, 5) is 0. The number of aliphatic hydroxyl groups is 1. The van der Waals surface area contributed by atoms with Crippen molar-refractivity contribution in [2.75, 3.05) is 0 Å². The lowest BCUT2D eigenvalue weighted by Gasteiger charge is -2.07. The average Bonchev–Trinajstić information content (AvgIpc) is 3.87. The summed E-state index contributed by atoms with van der Waals surface area (Å²) in [5, 5.41) is 17.3. The molecule has 2 aliphatic rings. The first-order chi connectivity index (χ1) is 18.4. The molecule has 6 rings (SSSR count). The Kier molecular flexibility index (Phi) is 7.85. The smallest absolute Gasteiger partial charge is 0.264 e. The highest BCUT2D eigenvalue weighted by molar-refractivity contribution is 6.17. The number of aliphatic hydroxyl groups excluding tert-OH is 1. The predicted molar refractivity (Wildman–Crippen MR) is 133 cm³/mol. The van der Waals surface area contributed by atoms with E-state index in [0.29, 0.717) is 39.8 Å². The average molecular weight is 549 g/mol. The Hall–Kier alpha value is -3.17. The van der Waals surface area contributed by atoms with Gasteiger partial charge in [0.1, 0.15) is 22.9 Å². The van der Waals surface area contributed by atoms with Gasteiger partial charge in [-0.2, -0.15) is 0 Å². The molecular weight excluding hydrogens is 524 g/mol. The zero-order valence-electron chi connectivity index (χ0n) is 20.2. The molecule has 200 valence electrons. The van der Waals surface area contributed by atoms with Crippen LogP contribution in [0.15, 0.2) is 57.6 Å². The molecule has 2 aliphatic carbocycles. The highest BCUT2D eigenvalue weighted by atomic mass is 35.5. The Labute approximate surface area is 221 Å². The number of hydrogen-bond acceptors (Lipinski definition) is 5. The van der Waals surface area contributed by atoms with E-state index in [0.717, 1.165) is 37.0 Å². The van der Waals surface area contributed by atoms with E-state index in [9.17, 15) is 22.7 Å². The van der Waals surface area contributed by atoms with E-state index < -0.39 is 12.9 Å². The van der Waals surface area contributed by atoms with Crippen molar-refractivity contribution in [2.24, 2.45) is 0 Å². The molecule has 0 amide bonds. The molecule has 0 radical (unpaired) electrons. The van der Waals surface area contributed by atoms with E-state index in [1.807, 2.05) is 0 Å². The Bertz CT molecular complexity index is 1290. The van der Waals surface area contributed by atoms with Crippen molar-refractivity contribution in [1.82, 2.24) is 10.3 Å². The van der Waals surface area contributed by atoms with Crippen LogP contribution in [0, 0.1) is 0 Å². The zero-order valence-corrected chi connectivity index (χ0v) is 21.0. The highest BCUT2D eigenvalue weighted by Gasteiger charge is 2.34. The van der Waals surface area contributed by atoms with Gasteiger partial charge in [-0.05, 0) is 25.7 Å². The zero-order chi connectivity index (χ0) is 26.8. The lowest BCUT2D eigenvalue weighted by atomic mass is 10.00. The van der Waals surface area contributed by atoms with Crippen molar-refractivity contribution >= 4 is 11.6 Å². The van der Waals surface area contributed by atoms with Crippen LogP contribution in [0.4, 0.5) is 17.6 Å². The van der Waals surface area contributed by atoms with Crippen LogP contribution in [0.3, 0.4) is 0 Å². The summed E-state index contributed by atoms with van der Waals surface area (Å²) in [6, 6.07) is 12.5. The molecule has 10 heteroatoms. The van der Waals surface area contributed by atoms with E-state index in [-0.39, 0.29) is 29.5 Å². The maximum Gasteiger partial charge on any atom is 0.264 e. The van der Waals surface area contributed by atoms with Crippen molar-refractivity contribution in [3.8, 4) is 22.5 Å². The molecule has 0 unspecified atom stereocenters. The summed E-state index contributed by atoms with van der Waals surface area (Å²) in [5.74, 6) is 2.26. The molecule has 38 heavy (non-hydrogen) atoms. The van der Waals surface area contributed by atoms with Crippen molar-refractivity contribution in [1.29, 1.82) is 0 Å². The summed E-state index contributed by atoms with van der Waals surface area (Å²) in [6.07, 6.45) is -1.02. The highest BCUT2D eigenvalue weighted by Crippen LogP contribution is 2.46. The molecule has 2 aromatic carbocycles. The van der Waals surface area contributed by atoms with E-state index in [1.54, 1.807) is 36.4 Å². The third-order valence-electron chi connectivity index (χ3n) is 6.73. The first kappa shape index (κ1) is 26.4. The first-order valence-electron chi connectivity index (χ1n) is 12.3. The molecule has 0 atom stereocenters. The number of nitrogens with zero attached hydrogens (tertiary/aromatic N) is 2. The minimum absolute atomic E-state index is 0.0375. The van der Waals surface area contributed by atoms with E-state index in [4.69, 9.17) is 20.6 Å². The van der Waals surface area contributed by atoms with Gasteiger partial charge in [0.2, 0.25) is 0 Å². The molecule has 2 fully saturated rings. The molecule has 4 aromatic rings. The van der Waals surface area contributed by atoms with Crippen LogP contribution in [0.2, 0.25) is 0 Å². The maximum absolute atomic E-state index is 13.0. The number of halogens is 5. The standard InChI is InChI=1S/C14H12ClF2NO.C14H13F2NO2/c15-7-11-12(18-19-13(11)8-5-6-8)9-3-1-2-4-10(9)14(16)17;15-14(16)10-4-2-1-3-9(10)12-11(7-18)13(19-17-12)8-5-6-8/h1-4,8,14H,5-7H2;1-4,8,14,18H,5-7H2. The second-order valence-electron chi connectivity index (χ2n) is 9.36. The third kappa shape index (κ3) is 5.35. The van der Waals surface area contributed by atoms with Crippen LogP contribution in [-0.2, 0) is 12.5 Å². The predicted octanol–water partition coefficient (Wildman–Crippen LogP) is 8.54. The summed E-state index contributed by atoms with van der Waals surface area (Å²) in [6.45, 7) is -0.248. The van der Waals surface area contributed by atoms with Crippen molar-refractivity contribution < 1.29 is 31.7 Å². The monoisotopic (exact) mass is 548 g/mol. The van der Waals surface area contributed by atoms with Crippen LogP contribution in [0.25, 0.3) is 22.5 Å². The summed E-state index contributed by atoms with van der Waals surface area (Å²) in [5.41, 5.74) is 2.68. The van der Waals surface area contributed by atoms with Crippen molar-refractivity contribution in [3.05, 3.63) is 82.3 Å². The number of rotatable bonds is 8. The molecule has 2 aromatic heterocycles. The van der Waals surface area contributed by atoms with Gasteiger partial charge in [-0.15, -0.1) is 11.6 Å². The normalized spacial score (nSPS) is 15.2. The fourth-order valence-corrected chi connectivity index (χ4v) is 4.75. The van der Waals surface area contributed by atoms with Gasteiger partial charge in [-0.1, -0.05) is 58.8 Å². The maximum atomic E-state index is 13.0. The molecule has 0 spiro atoms. The van der Waals surface area contributed by atoms with Crippen LogP contribution < -0.4 is 0 Å². The molecule has 5 nitrogen and oxygen atoms in total. The lowest BCUT2D eigenvalue weighted by Crippen LogP contribution is -1.95. The van der Waals surface area contributed by atoms with Gasteiger partial charge in [0.15, 0.2) is 0 Å². The minimum atomic E-state index is -2.58. The Balaban J connectivity index is 0.000000155. The van der Waals surface area contributed by atoms with Gasteiger partial charge in [0.05, 0.1) is 12.5 Å². The Morgan fingerprint density at radius 2 is 1.16 bits per heavy atom. The van der Waals surface area contributed by atoms with Gasteiger partial charge in [0.25, 0.3) is 12.9 Å². The number of aromatic nitrogens is 2. The molecular formula is C28H25ClF4N2O3. The summed E-state index contributed by atoms with van der Waals surface area (Å²) in [7, 11) is 0. The molecule has 0 aliphatic heterocycles. The van der Waals surface area contributed by atoms with Gasteiger partial charge >= 0.3 is 0 Å². The van der Waals surface area contributed by atoms with Gasteiger partial charge in [-0.3, -0.25) is 0 Å². The topological polar surface area (TPSA) is 72.3 Å². The van der Waals surface area contributed by atoms with Crippen molar-refractivity contribution in [3.63, 3.8) is 0 Å². The SMILES string of the molecule is FC(F)c1ccccc1-c1noc(C2CC2)c1CCl.OCc1c(-c2ccccc2C(F)F)noc1C1CC1. The van der Waals surface area contributed by atoms with E-state index >= 15 is 0 Å². The minimum Gasteiger partial charge on any atom is -0.391 e. The fourth-order valence-electron chi connectivity index (χ4n) is 4.49. The largest absolute Gasteiger partial charge is 0.391 e. The Morgan fingerprint density at radius 1 is 0.737 bits per heavy atom. The fraction of sp³-hybridized carbons (Fsp3) is 0.357. The lowest BCUT2D eigenvalue weighted by molar-refractivity contribution is 0.151. The summed E-state index contributed by atoms with van der Waals surface area (Å²) >= 11 is 5.94. The quantitative estimate of drug-likeness (QED) is 0.176. The van der Waals surface area contributed by atoms with E-state index in [2.05, 4.69) is 10.3 Å². The number of hydrogen-bond donors (Lipinski definition) is 1. The molecule has 0 saturated heterocycles. The van der Waals surface area contributed by atoms with Gasteiger partial charge in [-0.25, -0.2) is 17.6 Å². The van der Waals surface area contributed by atoms with Crippen LogP contribution in [0.5, 0.6) is 0 Å². The van der Waals surface area contributed by atoms with E-state index in [1.165, 1.54) is 12.1 Å². The molecule has 2 heterocycles. The summed E-state index contributed by atoms with van der Waals surface area (Å²) < 4.78 is 62.6. The third-order valence-corrected chi connectivity index (χ3v) is 6.99. The van der Waals surface area contributed by atoms with Crippen LogP contribution >= 0.6 is 11.6 Å². The second-order valence-corrected chi connectivity index (χ2v) is 9.63. The molecule has 2 saturated carbocycles. The Morgan fingerprint density at radius 3 is 1.55 bits per heavy atom. The van der Waals surface area contributed by atoms with Crippen LogP contribution in [-0.4, -0.2) is 15.4 Å². The van der Waals surface area contributed by atoms with Crippen LogP contribution in [0.1, 0.15) is 84.1 Å². The van der Waals surface area contributed by atoms with Gasteiger partial charge in [0, 0.05) is 45.2 Å².